The normalized spacial score (nSPS) is 13.6. The maximum absolute atomic E-state index is 12.7. The summed E-state index contributed by atoms with van der Waals surface area (Å²) >= 11 is 0. The molecule has 0 bridgehead atoms. The van der Waals surface area contributed by atoms with Gasteiger partial charge in [0.1, 0.15) is 6.04 Å². The van der Waals surface area contributed by atoms with Crippen molar-refractivity contribution in [3.63, 3.8) is 0 Å². The summed E-state index contributed by atoms with van der Waals surface area (Å²) in [5.41, 5.74) is 6.71. The molecule has 1 aromatic carbocycles. The molecule has 0 heterocycles. The van der Waals surface area contributed by atoms with Crippen LogP contribution in [0.1, 0.15) is 70.3 Å². The van der Waals surface area contributed by atoms with Gasteiger partial charge in [-0.15, -0.1) is 0 Å². The summed E-state index contributed by atoms with van der Waals surface area (Å²) < 4.78 is 15.3. The van der Waals surface area contributed by atoms with Crippen LogP contribution in [0.3, 0.4) is 0 Å². The maximum atomic E-state index is 12.7. The monoisotopic (exact) mass is 586 g/mol. The van der Waals surface area contributed by atoms with Crippen molar-refractivity contribution in [2.45, 2.75) is 89.3 Å². The van der Waals surface area contributed by atoms with Crippen LogP contribution in [0, 0.1) is 0 Å². The van der Waals surface area contributed by atoms with E-state index < -0.39 is 37.9 Å². The fourth-order valence-corrected chi connectivity index (χ4v) is 4.51. The number of unbranched alkanes of at least 4 members (excludes halogenated alkanes) is 3. The number of phosphoric ester groups is 1. The number of carboxylic acid groups (broad SMARTS) is 1. The summed E-state index contributed by atoms with van der Waals surface area (Å²) in [5, 5.41) is 17.1. The Morgan fingerprint density at radius 3 is 2.20 bits per heavy atom. The molecule has 0 saturated carbocycles. The Balaban J connectivity index is 2.38. The highest BCUT2D eigenvalue weighted by Crippen LogP contribution is 2.38. The lowest BCUT2D eigenvalue weighted by atomic mass is 10.1. The number of carbonyl (C=O) groups is 4. The van der Waals surface area contributed by atoms with Crippen LogP contribution in [0.2, 0.25) is 0 Å². The van der Waals surface area contributed by atoms with Gasteiger partial charge in [-0.2, -0.15) is 0 Å². The minimum absolute atomic E-state index is 0.0128. The van der Waals surface area contributed by atoms with Crippen molar-refractivity contribution in [1.82, 2.24) is 16.0 Å². The van der Waals surface area contributed by atoms with Crippen molar-refractivity contribution in [3.8, 4) is 0 Å². The Kier molecular flexibility index (Phi) is 17.0. The molecule has 0 fully saturated rings. The van der Waals surface area contributed by atoms with Crippen molar-refractivity contribution in [3.05, 3.63) is 35.9 Å². The van der Waals surface area contributed by atoms with E-state index in [4.69, 9.17) is 15.5 Å². The van der Waals surface area contributed by atoms with E-state index in [0.717, 1.165) is 25.3 Å². The van der Waals surface area contributed by atoms with Gasteiger partial charge in [-0.1, -0.05) is 36.8 Å². The van der Waals surface area contributed by atoms with E-state index in [0.29, 0.717) is 58.0 Å². The fraction of sp³-hybridized carbons (Fsp3) is 0.615. The molecule has 40 heavy (non-hydrogen) atoms. The van der Waals surface area contributed by atoms with Gasteiger partial charge in [-0.3, -0.25) is 18.9 Å². The van der Waals surface area contributed by atoms with Gasteiger partial charge in [0.15, 0.2) is 6.04 Å². The lowest BCUT2D eigenvalue weighted by Gasteiger charge is -2.21. The van der Waals surface area contributed by atoms with Crippen LogP contribution in [0.4, 0.5) is 0 Å². The van der Waals surface area contributed by atoms with Gasteiger partial charge < -0.3 is 36.6 Å². The molecule has 8 N–H and O–H groups in total. The molecule has 226 valence electrons. The third-order valence-corrected chi connectivity index (χ3v) is 6.65. The molecule has 3 amide bonds. The molecule has 0 aliphatic rings. The van der Waals surface area contributed by atoms with Gasteiger partial charge in [0.2, 0.25) is 17.7 Å². The topological polar surface area (TPSA) is 217 Å². The van der Waals surface area contributed by atoms with Gasteiger partial charge >= 0.3 is 13.8 Å². The van der Waals surface area contributed by atoms with E-state index >= 15 is 0 Å². The smallest absolute Gasteiger partial charge is 0.469 e. The van der Waals surface area contributed by atoms with Gasteiger partial charge in [0.05, 0.1) is 6.10 Å². The Morgan fingerprint density at radius 1 is 0.925 bits per heavy atom. The van der Waals surface area contributed by atoms with Gasteiger partial charge in [0.25, 0.3) is 0 Å². The number of aliphatic carboxylic acids is 1. The molecule has 0 aliphatic carbocycles. The molecule has 0 unspecified atom stereocenters. The number of phosphoric acid groups is 1. The molecule has 0 spiro atoms. The van der Waals surface area contributed by atoms with Crippen LogP contribution in [-0.2, 0) is 34.7 Å². The largest absolute Gasteiger partial charge is 0.480 e. The fourth-order valence-electron chi connectivity index (χ4n) is 3.95. The second-order valence-electron chi connectivity index (χ2n) is 9.53. The third-order valence-electron chi connectivity index (χ3n) is 6.05. The SMILES string of the molecule is C[C@H](OP(=O)(O)O)[C@H](NC(=O)CCCCCNC(=O)[C@H](CCCCN)NC(=O)CCCc1ccccc1)C(=O)O. The van der Waals surface area contributed by atoms with Crippen LogP contribution in [0.5, 0.6) is 0 Å². The number of nitrogens with two attached hydrogens (primary N) is 1. The quantitative estimate of drug-likeness (QED) is 0.0810. The predicted octanol–water partition coefficient (Wildman–Crippen LogP) is 1.37. The minimum atomic E-state index is -4.92. The Labute approximate surface area is 234 Å². The number of hydrogen-bond donors (Lipinski definition) is 7. The van der Waals surface area contributed by atoms with E-state index in [-0.39, 0.29) is 18.2 Å². The number of carbonyl (C=O) groups excluding carboxylic acids is 3. The second kappa shape index (κ2) is 19.3. The zero-order valence-corrected chi connectivity index (χ0v) is 23.8. The summed E-state index contributed by atoms with van der Waals surface area (Å²) in [7, 11) is -4.92. The summed E-state index contributed by atoms with van der Waals surface area (Å²) in [6.07, 6.45) is 3.72. The zero-order chi connectivity index (χ0) is 30.0. The highest BCUT2D eigenvalue weighted by molar-refractivity contribution is 7.46. The number of amides is 3. The van der Waals surface area contributed by atoms with Crippen LogP contribution < -0.4 is 21.7 Å². The minimum Gasteiger partial charge on any atom is -0.480 e. The number of rotatable bonds is 21. The number of hydrogen-bond acceptors (Lipinski definition) is 7. The average molecular weight is 587 g/mol. The van der Waals surface area contributed by atoms with E-state index in [1.165, 1.54) is 0 Å². The lowest BCUT2D eigenvalue weighted by molar-refractivity contribution is -0.144. The summed E-state index contributed by atoms with van der Waals surface area (Å²) in [6.45, 7) is 1.97. The molecule has 14 heteroatoms. The molecule has 0 aromatic heterocycles. The highest BCUT2D eigenvalue weighted by atomic mass is 31.2. The van der Waals surface area contributed by atoms with Gasteiger partial charge in [-0.05, 0) is 64.0 Å². The molecular weight excluding hydrogens is 543 g/mol. The predicted molar refractivity (Wildman–Crippen MR) is 148 cm³/mol. The maximum Gasteiger partial charge on any atom is 0.469 e. The zero-order valence-electron chi connectivity index (χ0n) is 22.9. The Bertz CT molecular complexity index is 974. The van der Waals surface area contributed by atoms with Crippen molar-refractivity contribution in [2.75, 3.05) is 13.1 Å². The summed E-state index contributed by atoms with van der Waals surface area (Å²) in [6, 6.07) is 7.57. The first-order valence-corrected chi connectivity index (χ1v) is 15.0. The van der Waals surface area contributed by atoms with Crippen molar-refractivity contribution >= 4 is 31.5 Å². The molecular formula is C26H43N4O9P. The van der Waals surface area contributed by atoms with E-state index in [2.05, 4.69) is 20.5 Å². The molecule has 1 rings (SSSR count). The van der Waals surface area contributed by atoms with Crippen LogP contribution in [-0.4, -0.2) is 69.9 Å². The number of benzene rings is 1. The number of aryl methyl sites for hydroxylation is 1. The molecule has 13 nitrogen and oxygen atoms in total. The van der Waals surface area contributed by atoms with Crippen LogP contribution in [0.25, 0.3) is 0 Å². The number of nitrogens with one attached hydrogen (secondary N) is 3. The van der Waals surface area contributed by atoms with Crippen molar-refractivity contribution in [1.29, 1.82) is 0 Å². The van der Waals surface area contributed by atoms with Crippen LogP contribution >= 0.6 is 7.82 Å². The Morgan fingerprint density at radius 2 is 1.57 bits per heavy atom. The lowest BCUT2D eigenvalue weighted by Crippen LogP contribution is -2.48. The molecule has 0 aliphatic heterocycles. The van der Waals surface area contributed by atoms with E-state index in [1.807, 2.05) is 30.3 Å². The van der Waals surface area contributed by atoms with Gasteiger partial charge in [0, 0.05) is 19.4 Å². The first-order chi connectivity index (χ1) is 18.9. The summed E-state index contributed by atoms with van der Waals surface area (Å²) in [5.74, 6) is -2.56. The molecule has 0 radical (unpaired) electrons. The Hall–Kier alpha value is -2.83. The van der Waals surface area contributed by atoms with Crippen molar-refractivity contribution < 1.29 is 43.2 Å². The standard InChI is InChI=1S/C26H43N4O9P/c1-19(39-40(36,37)38)24(26(34)35)30-23(32)15-6-3-9-18-28-25(33)21(14-7-8-17-27)29-22(31)16-10-13-20-11-4-2-5-12-20/h2,4-5,11-12,19,21,24H,3,6-10,13-18,27H2,1H3,(H,28,33)(H,29,31)(H,30,32)(H,34,35)(H2,36,37,38)/t19-,21-,24-/m0/s1. The van der Waals surface area contributed by atoms with Gasteiger partial charge in [-0.25, -0.2) is 9.36 Å². The number of carboxylic acids is 1. The average Bonchev–Trinajstić information content (AvgIpc) is 2.88. The highest BCUT2D eigenvalue weighted by Gasteiger charge is 2.32. The molecule has 0 saturated heterocycles. The van der Waals surface area contributed by atoms with E-state index in [1.54, 1.807) is 0 Å². The first kappa shape index (κ1) is 35.2. The summed E-state index contributed by atoms with van der Waals surface area (Å²) in [4.78, 5) is 66.3. The van der Waals surface area contributed by atoms with Crippen LogP contribution in [0.15, 0.2) is 30.3 Å². The molecule has 3 atom stereocenters. The first-order valence-electron chi connectivity index (χ1n) is 13.5. The third kappa shape index (κ3) is 16.3. The van der Waals surface area contributed by atoms with Crippen molar-refractivity contribution in [2.24, 2.45) is 5.73 Å². The molecule has 1 aromatic rings. The second-order valence-corrected chi connectivity index (χ2v) is 10.7. The van der Waals surface area contributed by atoms with E-state index in [9.17, 15) is 28.8 Å².